The van der Waals surface area contributed by atoms with Crippen LogP contribution in [-0.2, 0) is 12.8 Å². The van der Waals surface area contributed by atoms with Gasteiger partial charge in [-0.15, -0.1) is 11.3 Å². The zero-order valence-electron chi connectivity index (χ0n) is 11.9. The molecule has 1 aromatic heterocycles. The Kier molecular flexibility index (Phi) is 4.99. The number of anilines is 1. The molecule has 3 rings (SSSR count). The maximum atomic E-state index is 8.95. The van der Waals surface area contributed by atoms with Crippen LogP contribution in [0.2, 0.25) is 0 Å². The molecule has 1 heterocycles. The average molecular weight is 366 g/mol. The maximum Gasteiger partial charge on any atom is 0.0705 e. The zero-order chi connectivity index (χ0) is 14.7. The number of rotatable bonds is 5. The van der Waals surface area contributed by atoms with Gasteiger partial charge in [-0.25, -0.2) is 0 Å². The van der Waals surface area contributed by atoms with Crippen LogP contribution < -0.4 is 5.32 Å². The lowest BCUT2D eigenvalue weighted by atomic mass is 9.93. The molecule has 2 N–H and O–H groups in total. The van der Waals surface area contributed by atoms with Gasteiger partial charge in [0.25, 0.3) is 0 Å². The van der Waals surface area contributed by atoms with Crippen LogP contribution in [0, 0.1) is 0 Å². The highest BCUT2D eigenvalue weighted by atomic mass is 79.9. The van der Waals surface area contributed by atoms with Gasteiger partial charge in [0.1, 0.15) is 0 Å². The van der Waals surface area contributed by atoms with Crippen molar-refractivity contribution in [3.63, 3.8) is 0 Å². The van der Waals surface area contributed by atoms with E-state index in [9.17, 15) is 0 Å². The SMILES string of the molecule is OCCCc1cccc(NC2CCCc3sc(Br)cc32)c1. The third-order valence-electron chi connectivity index (χ3n) is 3.98. The summed E-state index contributed by atoms with van der Waals surface area (Å²) in [5.74, 6) is 0. The first-order valence-electron chi connectivity index (χ1n) is 7.50. The number of aliphatic hydroxyl groups excluding tert-OH is 1. The topological polar surface area (TPSA) is 32.3 Å². The second-order valence-electron chi connectivity index (χ2n) is 5.55. The lowest BCUT2D eigenvalue weighted by Crippen LogP contribution is -2.15. The molecule has 0 aliphatic heterocycles. The first-order chi connectivity index (χ1) is 10.3. The van der Waals surface area contributed by atoms with Crippen LogP contribution in [0.3, 0.4) is 0 Å². The fourth-order valence-electron chi connectivity index (χ4n) is 2.97. The Balaban J connectivity index is 1.75. The first-order valence-corrected chi connectivity index (χ1v) is 9.11. The number of nitrogens with one attached hydrogen (secondary N) is 1. The van der Waals surface area contributed by atoms with Crippen LogP contribution in [0.15, 0.2) is 34.1 Å². The highest BCUT2D eigenvalue weighted by molar-refractivity contribution is 9.11. The van der Waals surface area contributed by atoms with Crippen molar-refractivity contribution in [2.75, 3.05) is 11.9 Å². The van der Waals surface area contributed by atoms with Gasteiger partial charge in [-0.1, -0.05) is 12.1 Å². The number of fused-ring (bicyclic) bond motifs is 1. The van der Waals surface area contributed by atoms with E-state index in [4.69, 9.17) is 5.11 Å². The summed E-state index contributed by atoms with van der Waals surface area (Å²) in [6.45, 7) is 0.257. The summed E-state index contributed by atoms with van der Waals surface area (Å²) in [5, 5.41) is 12.6. The third kappa shape index (κ3) is 3.68. The van der Waals surface area contributed by atoms with E-state index >= 15 is 0 Å². The molecule has 0 bridgehead atoms. The van der Waals surface area contributed by atoms with Crippen molar-refractivity contribution in [3.8, 4) is 0 Å². The van der Waals surface area contributed by atoms with Crippen LogP contribution in [0.1, 0.15) is 41.3 Å². The molecule has 1 aliphatic rings. The van der Waals surface area contributed by atoms with Gasteiger partial charge >= 0.3 is 0 Å². The minimum Gasteiger partial charge on any atom is -0.396 e. The van der Waals surface area contributed by atoms with Crippen molar-refractivity contribution in [2.24, 2.45) is 0 Å². The summed E-state index contributed by atoms with van der Waals surface area (Å²) >= 11 is 5.48. The molecule has 2 nitrogen and oxygen atoms in total. The third-order valence-corrected chi connectivity index (χ3v) is 5.69. The van der Waals surface area contributed by atoms with Crippen LogP contribution in [0.5, 0.6) is 0 Å². The smallest absolute Gasteiger partial charge is 0.0705 e. The van der Waals surface area contributed by atoms with Gasteiger partial charge in [0.05, 0.1) is 9.83 Å². The predicted octanol–water partition coefficient (Wildman–Crippen LogP) is 4.93. The molecular formula is C17H20BrNOS. The Hall–Kier alpha value is -0.840. The van der Waals surface area contributed by atoms with E-state index in [2.05, 4.69) is 51.6 Å². The second-order valence-corrected chi connectivity index (χ2v) is 8.06. The molecule has 1 unspecified atom stereocenters. The van der Waals surface area contributed by atoms with Crippen molar-refractivity contribution in [2.45, 2.75) is 38.1 Å². The van der Waals surface area contributed by atoms with Gasteiger partial charge < -0.3 is 10.4 Å². The summed E-state index contributed by atoms with van der Waals surface area (Å²) < 4.78 is 1.23. The molecule has 0 spiro atoms. The van der Waals surface area contributed by atoms with Gasteiger partial charge in [-0.3, -0.25) is 0 Å². The van der Waals surface area contributed by atoms with E-state index in [0.29, 0.717) is 6.04 Å². The molecule has 1 aliphatic carbocycles. The standard InChI is InChI=1S/C17H20BrNOS/c18-17-11-14-15(7-2-8-16(14)21-17)19-13-6-1-4-12(10-13)5-3-9-20/h1,4,6,10-11,15,19-20H,2-3,5,7-9H2. The molecule has 0 radical (unpaired) electrons. The molecule has 4 heteroatoms. The number of benzene rings is 1. The molecular weight excluding hydrogens is 346 g/mol. The lowest BCUT2D eigenvalue weighted by molar-refractivity contribution is 0.288. The Bertz CT molecular complexity index is 611. The zero-order valence-corrected chi connectivity index (χ0v) is 14.3. The molecule has 2 aromatic rings. The van der Waals surface area contributed by atoms with Crippen LogP contribution in [-0.4, -0.2) is 11.7 Å². The van der Waals surface area contributed by atoms with Gasteiger partial charge in [-0.2, -0.15) is 0 Å². The van der Waals surface area contributed by atoms with E-state index in [1.165, 1.54) is 44.7 Å². The van der Waals surface area contributed by atoms with Crippen molar-refractivity contribution in [1.29, 1.82) is 0 Å². The van der Waals surface area contributed by atoms with Crippen molar-refractivity contribution < 1.29 is 5.11 Å². The second kappa shape index (κ2) is 6.95. The van der Waals surface area contributed by atoms with Crippen LogP contribution in [0.4, 0.5) is 5.69 Å². The number of hydrogen-bond acceptors (Lipinski definition) is 3. The largest absolute Gasteiger partial charge is 0.396 e. The molecule has 0 saturated carbocycles. The van der Waals surface area contributed by atoms with Gasteiger partial charge in [0.15, 0.2) is 0 Å². The van der Waals surface area contributed by atoms with Crippen LogP contribution in [0.25, 0.3) is 0 Å². The van der Waals surface area contributed by atoms with E-state index < -0.39 is 0 Å². The van der Waals surface area contributed by atoms with E-state index in [0.717, 1.165) is 12.8 Å². The Morgan fingerprint density at radius 3 is 3.10 bits per heavy atom. The highest BCUT2D eigenvalue weighted by Gasteiger charge is 2.22. The molecule has 0 amide bonds. The lowest BCUT2D eigenvalue weighted by Gasteiger charge is -2.25. The summed E-state index contributed by atoms with van der Waals surface area (Å²) in [6, 6.07) is 11.3. The quantitative estimate of drug-likeness (QED) is 0.787. The Morgan fingerprint density at radius 2 is 2.24 bits per heavy atom. The van der Waals surface area contributed by atoms with Crippen molar-refractivity contribution in [3.05, 3.63) is 50.1 Å². The summed E-state index contributed by atoms with van der Waals surface area (Å²) in [4.78, 5) is 1.52. The number of aliphatic hydroxyl groups is 1. The minimum atomic E-state index is 0.257. The number of aryl methyl sites for hydroxylation is 2. The summed E-state index contributed by atoms with van der Waals surface area (Å²) in [7, 11) is 0. The molecule has 0 fully saturated rings. The highest BCUT2D eigenvalue weighted by Crippen LogP contribution is 2.39. The Labute approximate surface area is 138 Å². The summed E-state index contributed by atoms with van der Waals surface area (Å²) in [5.41, 5.74) is 3.93. The minimum absolute atomic E-state index is 0.257. The van der Waals surface area contributed by atoms with Gasteiger partial charge in [0.2, 0.25) is 0 Å². The van der Waals surface area contributed by atoms with Gasteiger partial charge in [-0.05, 0) is 77.4 Å². The molecule has 1 aromatic carbocycles. The average Bonchev–Trinajstić information content (AvgIpc) is 2.87. The monoisotopic (exact) mass is 365 g/mol. The van der Waals surface area contributed by atoms with Crippen molar-refractivity contribution >= 4 is 33.0 Å². The van der Waals surface area contributed by atoms with Crippen molar-refractivity contribution in [1.82, 2.24) is 0 Å². The first kappa shape index (κ1) is 15.1. The number of halogens is 1. The van der Waals surface area contributed by atoms with Gasteiger partial charge in [0, 0.05) is 17.2 Å². The predicted molar refractivity (Wildman–Crippen MR) is 93.2 cm³/mol. The fourth-order valence-corrected chi connectivity index (χ4v) is 4.79. The van der Waals surface area contributed by atoms with E-state index in [1.54, 1.807) is 0 Å². The van der Waals surface area contributed by atoms with Crippen LogP contribution >= 0.6 is 27.3 Å². The normalized spacial score (nSPS) is 17.5. The molecule has 21 heavy (non-hydrogen) atoms. The Morgan fingerprint density at radius 1 is 1.33 bits per heavy atom. The number of thiophene rings is 1. The molecule has 112 valence electrons. The fraction of sp³-hybridized carbons (Fsp3) is 0.412. The molecule has 1 atom stereocenters. The number of hydrogen-bond donors (Lipinski definition) is 2. The summed E-state index contributed by atoms with van der Waals surface area (Å²) in [6.07, 6.45) is 5.42. The van der Waals surface area contributed by atoms with E-state index in [-0.39, 0.29) is 6.61 Å². The maximum absolute atomic E-state index is 8.95. The molecule has 0 saturated heterocycles. The van der Waals surface area contributed by atoms with E-state index in [1.807, 2.05) is 11.3 Å².